The highest BCUT2D eigenvalue weighted by Gasteiger charge is 2.54. The summed E-state index contributed by atoms with van der Waals surface area (Å²) in [5, 5.41) is 25.9. The molecule has 3 aromatic rings. The molecule has 2 fully saturated rings. The van der Waals surface area contributed by atoms with Crippen LogP contribution in [0.3, 0.4) is 0 Å². The summed E-state index contributed by atoms with van der Waals surface area (Å²) in [5.41, 5.74) is 1.27. The van der Waals surface area contributed by atoms with Gasteiger partial charge in [0.05, 0.1) is 5.25 Å². The van der Waals surface area contributed by atoms with Crippen LogP contribution in [0.5, 0.6) is 0 Å². The average molecular weight is 744 g/mol. The second kappa shape index (κ2) is 13.8. The van der Waals surface area contributed by atoms with E-state index in [0.717, 1.165) is 9.80 Å². The van der Waals surface area contributed by atoms with Crippen LogP contribution in [0.25, 0.3) is 0 Å². The van der Waals surface area contributed by atoms with Crippen molar-refractivity contribution in [3.63, 3.8) is 0 Å². The molecule has 2 aliphatic heterocycles. The lowest BCUT2D eigenvalue weighted by molar-refractivity contribution is -0.167. The normalized spacial score (nSPS) is 22.3. The first-order chi connectivity index (χ1) is 22.5. The minimum Gasteiger partial charge on any atom is -0.477 e. The van der Waals surface area contributed by atoms with Gasteiger partial charge in [-0.1, -0.05) is 46.5 Å². The lowest BCUT2D eigenvalue weighted by atomic mass is 10.0. The first kappa shape index (κ1) is 33.2. The molecule has 0 radical (unpaired) electrons. The van der Waals surface area contributed by atoms with Gasteiger partial charge in [0.2, 0.25) is 0 Å². The topological polar surface area (TPSA) is 176 Å². The van der Waals surface area contributed by atoms with Crippen molar-refractivity contribution in [2.45, 2.75) is 44.6 Å². The Morgan fingerprint density at radius 3 is 2.68 bits per heavy atom. The number of carboxylic acids is 1. The van der Waals surface area contributed by atoms with Crippen molar-refractivity contribution in [1.82, 2.24) is 25.4 Å². The van der Waals surface area contributed by atoms with E-state index in [-0.39, 0.29) is 34.3 Å². The molecule has 4 heterocycles. The number of hydrogen-bond acceptors (Lipinski definition) is 14. The molecule has 13 nitrogen and oxygen atoms in total. The van der Waals surface area contributed by atoms with E-state index in [2.05, 4.69) is 25.7 Å². The third kappa shape index (κ3) is 7.58. The Labute approximate surface area is 283 Å². The number of carbonyl (C=O) groups is 4. The van der Waals surface area contributed by atoms with Gasteiger partial charge in [-0.2, -0.15) is 13.2 Å². The Hall–Kier alpha value is -3.66. The number of nitrogens with zero attached hydrogens (tertiary/aromatic N) is 5. The van der Waals surface area contributed by atoms with E-state index < -0.39 is 52.1 Å². The van der Waals surface area contributed by atoms with Crippen LogP contribution in [0.2, 0.25) is 0 Å². The maximum Gasteiger partial charge on any atom is 0.471 e. The highest BCUT2D eigenvalue weighted by atomic mass is 32.2. The number of oxime groups is 1. The molecule has 3 amide bonds. The monoisotopic (exact) mass is 743 g/mol. The molecule has 21 heteroatoms. The van der Waals surface area contributed by atoms with Gasteiger partial charge in [-0.3, -0.25) is 24.6 Å². The van der Waals surface area contributed by atoms with Crippen molar-refractivity contribution < 1.29 is 42.3 Å². The number of hydrogen-bond donors (Lipinski definition) is 3. The molecule has 2 aromatic heterocycles. The molecule has 2 unspecified atom stereocenters. The third-order valence-electron chi connectivity index (χ3n) is 6.67. The van der Waals surface area contributed by atoms with E-state index >= 15 is 0 Å². The number of thioether (sulfide) groups is 3. The molecule has 246 valence electrons. The molecule has 0 spiro atoms. The number of benzene rings is 1. The maximum absolute atomic E-state index is 13.5. The van der Waals surface area contributed by atoms with Crippen molar-refractivity contribution in [3.8, 4) is 0 Å². The first-order valence-corrected chi connectivity index (χ1v) is 18.1. The van der Waals surface area contributed by atoms with Gasteiger partial charge in [-0.05, 0) is 17.7 Å². The van der Waals surface area contributed by atoms with Crippen LogP contribution in [0.4, 0.5) is 18.3 Å². The Bertz CT molecular complexity index is 1750. The van der Waals surface area contributed by atoms with Crippen LogP contribution in [0.15, 0.2) is 66.9 Å². The van der Waals surface area contributed by atoms with E-state index in [9.17, 15) is 37.5 Å². The number of β-lactam (4-membered cyclic amide) rings is 1. The Balaban J connectivity index is 1.17. The summed E-state index contributed by atoms with van der Waals surface area (Å²) in [7, 11) is 0. The number of anilines is 1. The predicted octanol–water partition coefficient (Wildman–Crippen LogP) is 3.68. The molecule has 1 aromatic carbocycles. The Morgan fingerprint density at radius 2 is 1.98 bits per heavy atom. The molecule has 6 rings (SSSR count). The van der Waals surface area contributed by atoms with Crippen molar-refractivity contribution in [2.24, 2.45) is 5.16 Å². The number of thiazole rings is 1. The standard InChI is InChI=1S/C26H20F3N7O6S5/c27-26(28,29)23(41)33-24-31-13(9-44-24)16(35-42-14-6-15(14)47-12-4-2-1-3-5-12)19(37)32-17-20(38)36-18(22(39)40)11(7-43-21(17)36)8-45-25-34-30-10-46-25/h1-5,9-10,14-15,17,21H,6-8H2,(H,32,37)(H,39,40)(H,31,33,41)/t14?,15?,17-,21+/m1/s1. The summed E-state index contributed by atoms with van der Waals surface area (Å²) in [5.74, 6) is -4.57. The number of carboxylic acid groups (broad SMARTS) is 1. The number of nitrogens with one attached hydrogen (secondary N) is 2. The molecule has 1 saturated heterocycles. The summed E-state index contributed by atoms with van der Waals surface area (Å²) in [6, 6.07) is 8.40. The van der Waals surface area contributed by atoms with E-state index in [0.29, 0.717) is 27.7 Å². The number of halogens is 3. The third-order valence-corrected chi connectivity index (χ3v) is 12.1. The second-order valence-corrected chi connectivity index (χ2v) is 15.2. The molecular formula is C26H20F3N7O6S5. The van der Waals surface area contributed by atoms with Crippen molar-refractivity contribution in [1.29, 1.82) is 0 Å². The first-order valence-electron chi connectivity index (χ1n) is 13.4. The van der Waals surface area contributed by atoms with Gasteiger partial charge in [0.25, 0.3) is 11.8 Å². The van der Waals surface area contributed by atoms with Gasteiger partial charge in [0.15, 0.2) is 15.2 Å². The number of aliphatic carboxylic acids is 1. The quantitative estimate of drug-likeness (QED) is 0.106. The molecule has 1 saturated carbocycles. The van der Waals surface area contributed by atoms with Gasteiger partial charge in [-0.15, -0.1) is 45.1 Å². The minimum absolute atomic E-state index is 0.0309. The average Bonchev–Trinajstić information content (AvgIpc) is 3.36. The smallest absolute Gasteiger partial charge is 0.471 e. The van der Waals surface area contributed by atoms with Crippen LogP contribution in [0, 0.1) is 0 Å². The zero-order chi connectivity index (χ0) is 33.3. The fourth-order valence-corrected chi connectivity index (χ4v) is 9.19. The van der Waals surface area contributed by atoms with E-state index in [4.69, 9.17) is 4.84 Å². The summed E-state index contributed by atoms with van der Waals surface area (Å²) in [6.07, 6.45) is -4.92. The summed E-state index contributed by atoms with van der Waals surface area (Å²) >= 11 is 6.04. The molecule has 47 heavy (non-hydrogen) atoms. The molecular weight excluding hydrogens is 724 g/mol. The van der Waals surface area contributed by atoms with Gasteiger partial charge in [0, 0.05) is 28.2 Å². The predicted molar refractivity (Wildman–Crippen MR) is 169 cm³/mol. The van der Waals surface area contributed by atoms with Gasteiger partial charge >= 0.3 is 18.1 Å². The van der Waals surface area contributed by atoms with Gasteiger partial charge < -0.3 is 15.3 Å². The van der Waals surface area contributed by atoms with Gasteiger partial charge in [0.1, 0.15) is 34.4 Å². The number of amides is 3. The lowest BCUT2D eigenvalue weighted by Gasteiger charge is -2.49. The largest absolute Gasteiger partial charge is 0.477 e. The Kier molecular flexibility index (Phi) is 9.78. The second-order valence-electron chi connectivity index (χ2n) is 9.89. The van der Waals surface area contributed by atoms with Crippen molar-refractivity contribution >= 4 is 92.5 Å². The van der Waals surface area contributed by atoms with Crippen LogP contribution >= 0.6 is 58.0 Å². The zero-order valence-corrected chi connectivity index (χ0v) is 27.5. The number of aromatic nitrogens is 3. The number of alkyl halides is 3. The van der Waals surface area contributed by atoms with Crippen molar-refractivity contribution in [3.05, 3.63) is 58.2 Å². The molecule has 4 atom stereocenters. The van der Waals surface area contributed by atoms with Crippen LogP contribution in [0.1, 0.15) is 12.1 Å². The highest BCUT2D eigenvalue weighted by molar-refractivity contribution is 8.02. The zero-order valence-electron chi connectivity index (χ0n) is 23.4. The van der Waals surface area contributed by atoms with E-state index in [1.165, 1.54) is 40.2 Å². The fourth-order valence-electron chi connectivity index (χ4n) is 4.37. The molecule has 1 aliphatic carbocycles. The van der Waals surface area contributed by atoms with E-state index in [1.54, 1.807) is 22.6 Å². The molecule has 3 aliphatic rings. The minimum atomic E-state index is -5.16. The number of carbonyl (C=O) groups excluding carboxylic acids is 3. The van der Waals surface area contributed by atoms with Crippen LogP contribution in [-0.2, 0) is 24.0 Å². The summed E-state index contributed by atoms with van der Waals surface area (Å²) < 4.78 is 39.0. The maximum atomic E-state index is 13.5. The van der Waals surface area contributed by atoms with Crippen LogP contribution < -0.4 is 10.6 Å². The summed E-state index contributed by atoms with van der Waals surface area (Å²) in [4.78, 5) is 62.0. The number of rotatable bonds is 12. The Morgan fingerprint density at radius 1 is 1.19 bits per heavy atom. The SMILES string of the molecule is O=C(O)C1=C(CSc2nncs2)CS[C@H]2[C@H](NC(=O)C(=NOC3CC3Sc3ccccc3)c3csc(NC(=O)C(F)(F)F)n3)C(=O)N12. The lowest BCUT2D eigenvalue weighted by Crippen LogP contribution is -2.71. The van der Waals surface area contributed by atoms with Gasteiger partial charge in [-0.25, -0.2) is 9.78 Å². The summed E-state index contributed by atoms with van der Waals surface area (Å²) in [6.45, 7) is 0. The van der Waals surface area contributed by atoms with E-state index in [1.807, 2.05) is 30.3 Å². The van der Waals surface area contributed by atoms with Crippen LogP contribution in [-0.4, -0.2) is 95.0 Å². The fraction of sp³-hybridized carbons (Fsp3) is 0.308. The van der Waals surface area contributed by atoms with Crippen molar-refractivity contribution in [2.75, 3.05) is 16.8 Å². The molecule has 3 N–H and O–H groups in total. The highest BCUT2D eigenvalue weighted by Crippen LogP contribution is 2.43. The number of fused-ring (bicyclic) bond motifs is 1. The molecule has 0 bridgehead atoms.